The zero-order valence-electron chi connectivity index (χ0n) is 11.8. The minimum atomic E-state index is -0.386. The summed E-state index contributed by atoms with van der Waals surface area (Å²) in [6.45, 7) is 1.22. The van der Waals surface area contributed by atoms with Crippen molar-refractivity contribution in [2.75, 3.05) is 25.5 Å². The number of benzene rings is 1. The SMILES string of the molecule is CN=C(NCCNc1ccccc1[N+](=O)[O-])NC1CC1.I. The van der Waals surface area contributed by atoms with Crippen LogP contribution in [-0.4, -0.2) is 37.1 Å². The molecule has 1 fully saturated rings. The topological polar surface area (TPSA) is 91.6 Å². The van der Waals surface area contributed by atoms with E-state index in [0.717, 1.165) is 5.96 Å². The fourth-order valence-electron chi connectivity index (χ4n) is 1.78. The van der Waals surface area contributed by atoms with Gasteiger partial charge in [0.1, 0.15) is 5.69 Å². The lowest BCUT2D eigenvalue weighted by Gasteiger charge is -2.12. The molecular weight excluding hydrogens is 385 g/mol. The zero-order chi connectivity index (χ0) is 14.4. The summed E-state index contributed by atoms with van der Waals surface area (Å²) in [5.41, 5.74) is 0.623. The number of aliphatic imine (C=N–C) groups is 1. The fraction of sp³-hybridized carbons (Fsp3) is 0.462. The highest BCUT2D eigenvalue weighted by atomic mass is 127. The molecule has 0 aromatic heterocycles. The number of guanidine groups is 1. The average Bonchev–Trinajstić information content (AvgIpc) is 3.26. The van der Waals surface area contributed by atoms with Crippen LogP contribution in [-0.2, 0) is 0 Å². The molecule has 1 aliphatic carbocycles. The first kappa shape index (κ1) is 17.5. The van der Waals surface area contributed by atoms with Gasteiger partial charge in [-0.3, -0.25) is 15.1 Å². The van der Waals surface area contributed by atoms with Gasteiger partial charge in [-0.05, 0) is 18.9 Å². The number of nitrogens with one attached hydrogen (secondary N) is 3. The first-order chi connectivity index (χ1) is 9.70. The standard InChI is InChI=1S/C13H19N5O2.HI/c1-14-13(17-10-6-7-10)16-9-8-15-11-4-2-3-5-12(11)18(19)20;/h2-5,10,15H,6-9H2,1H3,(H2,14,16,17);1H. The summed E-state index contributed by atoms with van der Waals surface area (Å²) in [6, 6.07) is 7.17. The average molecular weight is 405 g/mol. The second-order valence-electron chi connectivity index (χ2n) is 4.62. The van der Waals surface area contributed by atoms with Crippen LogP contribution in [0, 0.1) is 10.1 Å². The van der Waals surface area contributed by atoms with Crippen molar-refractivity contribution in [2.45, 2.75) is 18.9 Å². The van der Waals surface area contributed by atoms with Gasteiger partial charge in [-0.25, -0.2) is 0 Å². The van der Waals surface area contributed by atoms with Gasteiger partial charge in [0, 0.05) is 32.2 Å². The van der Waals surface area contributed by atoms with Gasteiger partial charge in [-0.15, -0.1) is 24.0 Å². The number of anilines is 1. The lowest BCUT2D eigenvalue weighted by atomic mass is 10.2. The van der Waals surface area contributed by atoms with E-state index in [-0.39, 0.29) is 34.6 Å². The van der Waals surface area contributed by atoms with Gasteiger partial charge in [0.05, 0.1) is 4.92 Å². The van der Waals surface area contributed by atoms with E-state index in [4.69, 9.17) is 0 Å². The summed E-state index contributed by atoms with van der Waals surface area (Å²) < 4.78 is 0. The maximum atomic E-state index is 10.9. The summed E-state index contributed by atoms with van der Waals surface area (Å²) in [7, 11) is 1.73. The summed E-state index contributed by atoms with van der Waals surface area (Å²) >= 11 is 0. The monoisotopic (exact) mass is 405 g/mol. The molecule has 1 saturated carbocycles. The van der Waals surface area contributed by atoms with E-state index in [9.17, 15) is 10.1 Å². The molecule has 0 bridgehead atoms. The van der Waals surface area contributed by atoms with Crippen molar-refractivity contribution >= 4 is 41.3 Å². The van der Waals surface area contributed by atoms with Crippen molar-refractivity contribution in [1.82, 2.24) is 10.6 Å². The van der Waals surface area contributed by atoms with Crippen LogP contribution in [0.15, 0.2) is 29.3 Å². The first-order valence-corrected chi connectivity index (χ1v) is 6.65. The van der Waals surface area contributed by atoms with Gasteiger partial charge < -0.3 is 16.0 Å². The van der Waals surface area contributed by atoms with E-state index in [1.807, 2.05) is 0 Å². The van der Waals surface area contributed by atoms with Crippen LogP contribution >= 0.6 is 24.0 Å². The molecule has 8 heteroatoms. The fourth-order valence-corrected chi connectivity index (χ4v) is 1.78. The van der Waals surface area contributed by atoms with Crippen molar-refractivity contribution in [1.29, 1.82) is 0 Å². The Bertz CT molecular complexity index is 505. The van der Waals surface area contributed by atoms with Gasteiger partial charge >= 0.3 is 0 Å². The Morgan fingerprint density at radius 2 is 2.10 bits per heavy atom. The number of nitro groups is 1. The largest absolute Gasteiger partial charge is 0.378 e. The Kier molecular flexibility index (Phi) is 7.20. The van der Waals surface area contributed by atoms with Crippen molar-refractivity contribution in [3.8, 4) is 0 Å². The molecule has 0 radical (unpaired) electrons. The van der Waals surface area contributed by atoms with Crippen LogP contribution in [0.3, 0.4) is 0 Å². The first-order valence-electron chi connectivity index (χ1n) is 6.65. The molecule has 116 valence electrons. The Morgan fingerprint density at radius 3 is 2.71 bits per heavy atom. The summed E-state index contributed by atoms with van der Waals surface area (Å²) in [4.78, 5) is 14.6. The van der Waals surface area contributed by atoms with Crippen LogP contribution < -0.4 is 16.0 Å². The number of hydrogen-bond donors (Lipinski definition) is 3. The highest BCUT2D eigenvalue weighted by Crippen LogP contribution is 2.22. The molecule has 1 aliphatic rings. The van der Waals surface area contributed by atoms with E-state index in [0.29, 0.717) is 24.8 Å². The smallest absolute Gasteiger partial charge is 0.292 e. The van der Waals surface area contributed by atoms with E-state index >= 15 is 0 Å². The number of halogens is 1. The number of rotatable bonds is 6. The molecule has 0 amide bonds. The number of nitro benzene ring substituents is 1. The molecule has 0 aliphatic heterocycles. The summed E-state index contributed by atoms with van der Waals surface area (Å²) in [5, 5.41) is 20.4. The predicted octanol–water partition coefficient (Wildman–Crippen LogP) is 1.95. The van der Waals surface area contributed by atoms with Gasteiger partial charge in [0.25, 0.3) is 5.69 Å². The van der Waals surface area contributed by atoms with Gasteiger partial charge in [-0.2, -0.15) is 0 Å². The molecule has 3 N–H and O–H groups in total. The highest BCUT2D eigenvalue weighted by molar-refractivity contribution is 14.0. The predicted molar refractivity (Wildman–Crippen MR) is 94.5 cm³/mol. The lowest BCUT2D eigenvalue weighted by molar-refractivity contribution is -0.384. The Balaban J connectivity index is 0.00000220. The highest BCUT2D eigenvalue weighted by Gasteiger charge is 2.21. The van der Waals surface area contributed by atoms with E-state index < -0.39 is 0 Å². The lowest BCUT2D eigenvalue weighted by Crippen LogP contribution is -2.40. The van der Waals surface area contributed by atoms with E-state index in [1.165, 1.54) is 18.9 Å². The quantitative estimate of drug-likeness (QED) is 0.168. The van der Waals surface area contributed by atoms with Gasteiger partial charge in [-0.1, -0.05) is 12.1 Å². The van der Waals surface area contributed by atoms with Crippen LogP contribution in [0.4, 0.5) is 11.4 Å². The maximum absolute atomic E-state index is 10.9. The molecule has 0 atom stereocenters. The van der Waals surface area contributed by atoms with Crippen molar-refractivity contribution < 1.29 is 4.92 Å². The third kappa shape index (κ3) is 5.74. The second kappa shape index (κ2) is 8.65. The minimum Gasteiger partial charge on any atom is -0.378 e. The van der Waals surface area contributed by atoms with Crippen LogP contribution in [0.25, 0.3) is 0 Å². The summed E-state index contributed by atoms with van der Waals surface area (Å²) in [5.74, 6) is 0.775. The molecule has 7 nitrogen and oxygen atoms in total. The molecule has 0 heterocycles. The van der Waals surface area contributed by atoms with Gasteiger partial charge in [0.15, 0.2) is 5.96 Å². The Morgan fingerprint density at radius 1 is 1.38 bits per heavy atom. The van der Waals surface area contributed by atoms with Gasteiger partial charge in [0.2, 0.25) is 0 Å². The molecule has 0 spiro atoms. The normalized spacial score (nSPS) is 14.0. The van der Waals surface area contributed by atoms with Crippen molar-refractivity contribution in [3.63, 3.8) is 0 Å². The molecule has 1 aromatic carbocycles. The van der Waals surface area contributed by atoms with Crippen molar-refractivity contribution in [3.05, 3.63) is 34.4 Å². The second-order valence-corrected chi connectivity index (χ2v) is 4.62. The van der Waals surface area contributed by atoms with Crippen LogP contribution in [0.2, 0.25) is 0 Å². The third-order valence-electron chi connectivity index (χ3n) is 2.98. The molecule has 21 heavy (non-hydrogen) atoms. The molecule has 2 rings (SSSR count). The zero-order valence-corrected chi connectivity index (χ0v) is 14.2. The molecule has 0 saturated heterocycles. The maximum Gasteiger partial charge on any atom is 0.292 e. The number of para-hydroxylation sites is 2. The van der Waals surface area contributed by atoms with E-state index in [2.05, 4.69) is 20.9 Å². The Labute approximate surface area is 140 Å². The molecule has 1 aromatic rings. The summed E-state index contributed by atoms with van der Waals surface area (Å²) in [6.07, 6.45) is 2.38. The number of nitrogens with zero attached hydrogens (tertiary/aromatic N) is 2. The van der Waals surface area contributed by atoms with E-state index in [1.54, 1.807) is 25.2 Å². The Hall–Kier alpha value is -1.58. The molecule has 0 unspecified atom stereocenters. The van der Waals surface area contributed by atoms with Crippen LogP contribution in [0.1, 0.15) is 12.8 Å². The van der Waals surface area contributed by atoms with Crippen LogP contribution in [0.5, 0.6) is 0 Å². The third-order valence-corrected chi connectivity index (χ3v) is 2.98. The van der Waals surface area contributed by atoms with Crippen molar-refractivity contribution in [2.24, 2.45) is 4.99 Å². The number of hydrogen-bond acceptors (Lipinski definition) is 4. The minimum absolute atomic E-state index is 0. The molecular formula is C13H20IN5O2.